The molecule has 0 saturated heterocycles. The van der Waals surface area contributed by atoms with Gasteiger partial charge >= 0.3 is 0 Å². The molecule has 6 heteroatoms. The van der Waals surface area contributed by atoms with E-state index in [2.05, 4.69) is 16.0 Å². The fraction of sp³-hybridized carbons (Fsp3) is 0.300. The second kappa shape index (κ2) is 8.89. The molecule has 26 heavy (non-hydrogen) atoms. The number of anilines is 2. The fourth-order valence-corrected chi connectivity index (χ4v) is 2.46. The Kier molecular flexibility index (Phi) is 6.60. The molecule has 138 valence electrons. The Balaban J connectivity index is 1.82. The monoisotopic (exact) mass is 355 g/mol. The van der Waals surface area contributed by atoms with E-state index in [-0.39, 0.29) is 24.9 Å². The van der Waals surface area contributed by atoms with Gasteiger partial charge in [-0.05, 0) is 55.7 Å². The summed E-state index contributed by atoms with van der Waals surface area (Å²) >= 11 is 0. The van der Waals surface area contributed by atoms with Gasteiger partial charge in [0, 0.05) is 5.69 Å². The molecule has 0 aromatic heterocycles. The molecule has 0 atom stereocenters. The van der Waals surface area contributed by atoms with Gasteiger partial charge in [-0.1, -0.05) is 18.2 Å². The maximum Gasteiger partial charge on any atom is 0.243 e. The summed E-state index contributed by atoms with van der Waals surface area (Å²) in [6, 6.07) is 11.5. The van der Waals surface area contributed by atoms with Crippen LogP contribution in [0.25, 0.3) is 0 Å². The minimum absolute atomic E-state index is 0.103. The topological polar surface area (TPSA) is 79.5 Å². The third kappa shape index (κ3) is 5.51. The Morgan fingerprint density at radius 1 is 0.885 bits per heavy atom. The summed E-state index contributed by atoms with van der Waals surface area (Å²) < 4.78 is 5.22. The first-order chi connectivity index (χ1) is 12.4. The first-order valence-electron chi connectivity index (χ1n) is 8.41. The van der Waals surface area contributed by atoms with Crippen molar-refractivity contribution in [3.8, 4) is 5.75 Å². The molecular formula is C20H25N3O3. The van der Waals surface area contributed by atoms with Gasteiger partial charge in [-0.2, -0.15) is 0 Å². The Labute approximate surface area is 153 Å². The number of ether oxygens (including phenoxy) is 1. The Hall–Kier alpha value is -3.02. The summed E-state index contributed by atoms with van der Waals surface area (Å²) in [6.45, 7) is 5.89. The molecule has 0 bridgehead atoms. The molecule has 2 amide bonds. The minimum Gasteiger partial charge on any atom is -0.495 e. The number of benzene rings is 2. The van der Waals surface area contributed by atoms with Crippen molar-refractivity contribution in [1.29, 1.82) is 0 Å². The largest absolute Gasteiger partial charge is 0.495 e. The Bertz CT molecular complexity index is 803. The van der Waals surface area contributed by atoms with Gasteiger partial charge in [-0.15, -0.1) is 0 Å². The van der Waals surface area contributed by atoms with E-state index >= 15 is 0 Å². The molecule has 0 aliphatic rings. The highest BCUT2D eigenvalue weighted by Crippen LogP contribution is 2.24. The lowest BCUT2D eigenvalue weighted by molar-refractivity contribution is -0.122. The molecule has 0 aliphatic carbocycles. The Morgan fingerprint density at radius 3 is 2.23 bits per heavy atom. The molecule has 6 nitrogen and oxygen atoms in total. The summed E-state index contributed by atoms with van der Waals surface area (Å²) in [5.41, 5.74) is 4.68. The number of hydrogen-bond acceptors (Lipinski definition) is 4. The molecule has 3 N–H and O–H groups in total. The van der Waals surface area contributed by atoms with Crippen molar-refractivity contribution in [2.24, 2.45) is 0 Å². The third-order valence-corrected chi connectivity index (χ3v) is 3.91. The highest BCUT2D eigenvalue weighted by molar-refractivity contribution is 5.96. The number of carbonyl (C=O) groups is 2. The van der Waals surface area contributed by atoms with Crippen LogP contribution in [0.4, 0.5) is 11.4 Å². The van der Waals surface area contributed by atoms with E-state index in [4.69, 9.17) is 4.74 Å². The second-order valence-electron chi connectivity index (χ2n) is 6.20. The van der Waals surface area contributed by atoms with Crippen molar-refractivity contribution in [2.45, 2.75) is 20.8 Å². The van der Waals surface area contributed by atoms with Crippen LogP contribution in [0, 0.1) is 20.8 Å². The fourth-order valence-electron chi connectivity index (χ4n) is 2.46. The summed E-state index contributed by atoms with van der Waals surface area (Å²) in [6.07, 6.45) is 0. The van der Waals surface area contributed by atoms with Crippen LogP contribution < -0.4 is 20.7 Å². The second-order valence-corrected chi connectivity index (χ2v) is 6.20. The van der Waals surface area contributed by atoms with E-state index in [0.29, 0.717) is 11.4 Å². The quantitative estimate of drug-likeness (QED) is 0.713. The van der Waals surface area contributed by atoms with E-state index < -0.39 is 0 Å². The molecule has 0 radical (unpaired) electrons. The minimum atomic E-state index is -0.311. The molecule has 2 rings (SSSR count). The lowest BCUT2D eigenvalue weighted by Crippen LogP contribution is -2.36. The average molecular weight is 355 g/mol. The van der Waals surface area contributed by atoms with Crippen molar-refractivity contribution in [2.75, 3.05) is 30.8 Å². The van der Waals surface area contributed by atoms with E-state index in [1.54, 1.807) is 13.2 Å². The summed E-state index contributed by atoms with van der Waals surface area (Å²) in [5.74, 6) is 0.0121. The van der Waals surface area contributed by atoms with Gasteiger partial charge in [0.05, 0.1) is 25.9 Å². The SMILES string of the molecule is COc1ccc(C)cc1NC(=O)CNC(=O)CNc1cc(C)ccc1C. The smallest absolute Gasteiger partial charge is 0.243 e. The molecule has 0 aliphatic heterocycles. The highest BCUT2D eigenvalue weighted by Gasteiger charge is 2.10. The molecule has 0 fully saturated rings. The van der Waals surface area contributed by atoms with Crippen LogP contribution in [-0.2, 0) is 9.59 Å². The van der Waals surface area contributed by atoms with Gasteiger partial charge in [0.15, 0.2) is 0 Å². The number of aryl methyl sites for hydroxylation is 3. The van der Waals surface area contributed by atoms with E-state index in [1.807, 2.05) is 51.1 Å². The number of methoxy groups -OCH3 is 1. The van der Waals surface area contributed by atoms with Crippen molar-refractivity contribution >= 4 is 23.2 Å². The zero-order valence-corrected chi connectivity index (χ0v) is 15.6. The molecule has 2 aromatic carbocycles. The third-order valence-electron chi connectivity index (χ3n) is 3.91. The maximum absolute atomic E-state index is 12.1. The number of hydrogen-bond donors (Lipinski definition) is 3. The van der Waals surface area contributed by atoms with Gasteiger partial charge in [0.2, 0.25) is 11.8 Å². The van der Waals surface area contributed by atoms with E-state index in [1.165, 1.54) is 0 Å². The molecule has 0 spiro atoms. The molecule has 0 saturated carbocycles. The highest BCUT2D eigenvalue weighted by atomic mass is 16.5. The normalized spacial score (nSPS) is 10.2. The van der Waals surface area contributed by atoms with Crippen LogP contribution in [0.1, 0.15) is 16.7 Å². The average Bonchev–Trinajstić information content (AvgIpc) is 2.61. The van der Waals surface area contributed by atoms with E-state index in [0.717, 1.165) is 22.4 Å². The summed E-state index contributed by atoms with van der Waals surface area (Å²) in [7, 11) is 1.54. The lowest BCUT2D eigenvalue weighted by atomic mass is 10.1. The molecular weight excluding hydrogens is 330 g/mol. The van der Waals surface area contributed by atoms with Gasteiger partial charge < -0.3 is 20.7 Å². The van der Waals surface area contributed by atoms with Crippen molar-refractivity contribution in [3.63, 3.8) is 0 Å². The summed E-state index contributed by atoms with van der Waals surface area (Å²) in [5, 5.41) is 8.44. The number of amides is 2. The first-order valence-corrected chi connectivity index (χ1v) is 8.41. The van der Waals surface area contributed by atoms with Gasteiger partial charge in [-0.3, -0.25) is 9.59 Å². The predicted octanol–water partition coefficient (Wildman–Crippen LogP) is 2.79. The molecule has 2 aromatic rings. The number of carbonyl (C=O) groups excluding carboxylic acids is 2. The van der Waals surface area contributed by atoms with E-state index in [9.17, 15) is 9.59 Å². The van der Waals surface area contributed by atoms with Crippen LogP contribution in [0.2, 0.25) is 0 Å². The number of rotatable bonds is 7. The van der Waals surface area contributed by atoms with Crippen LogP contribution in [-0.4, -0.2) is 32.0 Å². The standard InChI is InChI=1S/C20H25N3O3/c1-13-5-7-15(3)16(9-13)21-11-19(24)22-12-20(25)23-17-10-14(2)6-8-18(17)26-4/h5-10,21H,11-12H2,1-4H3,(H,22,24)(H,23,25). The predicted molar refractivity (Wildman–Crippen MR) is 104 cm³/mol. The zero-order chi connectivity index (χ0) is 19.1. The van der Waals surface area contributed by atoms with Gasteiger partial charge in [0.1, 0.15) is 5.75 Å². The van der Waals surface area contributed by atoms with Crippen molar-refractivity contribution in [3.05, 3.63) is 53.1 Å². The molecule has 0 heterocycles. The molecule has 0 unspecified atom stereocenters. The van der Waals surface area contributed by atoms with Crippen molar-refractivity contribution in [1.82, 2.24) is 5.32 Å². The zero-order valence-electron chi connectivity index (χ0n) is 15.6. The lowest BCUT2D eigenvalue weighted by Gasteiger charge is -2.12. The van der Waals surface area contributed by atoms with Gasteiger partial charge in [0.25, 0.3) is 0 Å². The summed E-state index contributed by atoms with van der Waals surface area (Å²) in [4.78, 5) is 24.0. The number of nitrogens with one attached hydrogen (secondary N) is 3. The van der Waals surface area contributed by atoms with Crippen LogP contribution in [0.5, 0.6) is 5.75 Å². The van der Waals surface area contributed by atoms with Crippen LogP contribution in [0.15, 0.2) is 36.4 Å². The van der Waals surface area contributed by atoms with Crippen LogP contribution in [0.3, 0.4) is 0 Å². The van der Waals surface area contributed by atoms with Gasteiger partial charge in [-0.25, -0.2) is 0 Å². The maximum atomic E-state index is 12.1. The van der Waals surface area contributed by atoms with Crippen molar-refractivity contribution < 1.29 is 14.3 Å². The van der Waals surface area contributed by atoms with Crippen LogP contribution >= 0.6 is 0 Å². The first kappa shape index (κ1) is 19.3. The Morgan fingerprint density at radius 2 is 1.54 bits per heavy atom.